The molecule has 0 fully saturated rings. The van der Waals surface area contributed by atoms with Gasteiger partial charge in [0.15, 0.2) is 0 Å². The minimum absolute atomic E-state index is 0.273. The normalized spacial score (nSPS) is 11.3. The van der Waals surface area contributed by atoms with Gasteiger partial charge in [-0.05, 0) is 32.4 Å². The number of anilines is 1. The van der Waals surface area contributed by atoms with Gasteiger partial charge in [0.05, 0.1) is 24.0 Å². The highest BCUT2D eigenvalue weighted by Gasteiger charge is 2.25. The highest BCUT2D eigenvalue weighted by molar-refractivity contribution is 7.18. The number of thiophene rings is 1. The molecule has 166 valence electrons. The van der Waals surface area contributed by atoms with Crippen molar-refractivity contribution < 1.29 is 9.53 Å². The van der Waals surface area contributed by atoms with Crippen molar-refractivity contribution >= 4 is 40.8 Å². The third-order valence-electron chi connectivity index (χ3n) is 4.19. The van der Waals surface area contributed by atoms with Crippen LogP contribution in [-0.2, 0) is 4.74 Å². The molecule has 0 aliphatic heterocycles. The molecule has 0 aliphatic rings. The minimum Gasteiger partial charge on any atom is -0.462 e. The molecule has 3 aromatic rings. The maximum absolute atomic E-state index is 12.9. The summed E-state index contributed by atoms with van der Waals surface area (Å²) in [6.07, 6.45) is 3.32. The molecule has 32 heavy (non-hydrogen) atoms. The molecule has 0 radical (unpaired) electrons. The standard InChI is InChI=1S/C23H26N6O2S/c1-6-31-22(30)20-19(17-10-8-7-9-11-17)18(32-21(20)24-14-29(4)5)13-25-28-23-26-15(2)12-16(3)27-23/h7-14H,6H2,1-5H3,(H,26,27,28). The molecular weight excluding hydrogens is 424 g/mol. The second-order valence-electron chi connectivity index (χ2n) is 7.16. The van der Waals surface area contributed by atoms with Crippen LogP contribution in [0, 0.1) is 13.8 Å². The molecule has 1 aromatic carbocycles. The molecule has 0 saturated heterocycles. The van der Waals surface area contributed by atoms with E-state index in [1.807, 2.05) is 69.2 Å². The van der Waals surface area contributed by atoms with Gasteiger partial charge in [0, 0.05) is 31.0 Å². The molecule has 8 nitrogen and oxygen atoms in total. The van der Waals surface area contributed by atoms with E-state index in [-0.39, 0.29) is 6.61 Å². The summed E-state index contributed by atoms with van der Waals surface area (Å²) in [5.41, 5.74) is 6.60. The predicted molar refractivity (Wildman–Crippen MR) is 130 cm³/mol. The monoisotopic (exact) mass is 450 g/mol. The molecular formula is C23H26N6O2S. The number of aryl methyl sites for hydroxylation is 2. The lowest BCUT2D eigenvalue weighted by atomic mass is 10.0. The first-order chi connectivity index (χ1) is 15.4. The number of esters is 1. The Morgan fingerprint density at radius 3 is 2.50 bits per heavy atom. The van der Waals surface area contributed by atoms with E-state index in [0.29, 0.717) is 16.5 Å². The number of rotatable bonds is 8. The van der Waals surface area contributed by atoms with E-state index < -0.39 is 5.97 Å². The quantitative estimate of drug-likeness (QED) is 0.232. The van der Waals surface area contributed by atoms with Crippen LogP contribution in [0.4, 0.5) is 10.9 Å². The molecule has 2 aromatic heterocycles. The maximum Gasteiger partial charge on any atom is 0.341 e. The highest BCUT2D eigenvalue weighted by Crippen LogP contribution is 2.41. The molecule has 0 aliphatic carbocycles. The number of carbonyl (C=O) groups is 1. The Labute approximate surface area is 191 Å². The molecule has 9 heteroatoms. The number of nitrogens with one attached hydrogen (secondary N) is 1. The second-order valence-corrected chi connectivity index (χ2v) is 8.19. The van der Waals surface area contributed by atoms with Crippen LogP contribution in [0.3, 0.4) is 0 Å². The van der Waals surface area contributed by atoms with Crippen molar-refractivity contribution in [3.05, 3.63) is 58.2 Å². The van der Waals surface area contributed by atoms with Crippen LogP contribution < -0.4 is 5.43 Å². The van der Waals surface area contributed by atoms with Gasteiger partial charge in [0.2, 0.25) is 5.95 Å². The summed E-state index contributed by atoms with van der Waals surface area (Å²) in [7, 11) is 3.74. The van der Waals surface area contributed by atoms with Crippen LogP contribution in [0.25, 0.3) is 11.1 Å². The molecule has 0 atom stereocenters. The second kappa shape index (κ2) is 10.6. The molecule has 0 amide bonds. The van der Waals surface area contributed by atoms with Gasteiger partial charge in [-0.15, -0.1) is 11.3 Å². The molecule has 0 spiro atoms. The first-order valence-corrected chi connectivity index (χ1v) is 10.9. The Bertz CT molecular complexity index is 1120. The number of hydrogen-bond donors (Lipinski definition) is 1. The Morgan fingerprint density at radius 2 is 1.88 bits per heavy atom. The minimum atomic E-state index is -0.418. The van der Waals surface area contributed by atoms with Gasteiger partial charge in [0.25, 0.3) is 0 Å². The fourth-order valence-electron chi connectivity index (χ4n) is 2.99. The van der Waals surface area contributed by atoms with Gasteiger partial charge in [-0.2, -0.15) is 5.10 Å². The van der Waals surface area contributed by atoms with Crippen molar-refractivity contribution in [2.24, 2.45) is 10.1 Å². The lowest BCUT2D eigenvalue weighted by Crippen LogP contribution is -2.08. The number of benzene rings is 1. The number of nitrogens with zero attached hydrogens (tertiary/aromatic N) is 5. The van der Waals surface area contributed by atoms with Gasteiger partial charge >= 0.3 is 5.97 Å². The molecule has 2 heterocycles. The van der Waals surface area contributed by atoms with E-state index in [4.69, 9.17) is 4.74 Å². The summed E-state index contributed by atoms with van der Waals surface area (Å²) in [5, 5.41) is 4.89. The topological polar surface area (TPSA) is 92.1 Å². The van der Waals surface area contributed by atoms with Gasteiger partial charge < -0.3 is 9.64 Å². The average Bonchev–Trinajstić information content (AvgIpc) is 3.11. The Morgan fingerprint density at radius 1 is 1.19 bits per heavy atom. The summed E-state index contributed by atoms with van der Waals surface area (Å²) < 4.78 is 5.35. The molecule has 3 rings (SSSR count). The Hall–Kier alpha value is -3.59. The predicted octanol–water partition coefficient (Wildman–Crippen LogP) is 4.67. The van der Waals surface area contributed by atoms with E-state index >= 15 is 0 Å². The summed E-state index contributed by atoms with van der Waals surface area (Å²) in [4.78, 5) is 28.7. The van der Waals surface area contributed by atoms with E-state index in [9.17, 15) is 4.79 Å². The third kappa shape index (κ3) is 5.76. The van der Waals surface area contributed by atoms with Gasteiger partial charge in [0.1, 0.15) is 10.6 Å². The fourth-order valence-corrected chi connectivity index (χ4v) is 4.02. The number of carbonyl (C=O) groups excluding carboxylic acids is 1. The van der Waals surface area contributed by atoms with Gasteiger partial charge in [-0.25, -0.2) is 25.2 Å². The van der Waals surface area contributed by atoms with Crippen LogP contribution in [0.5, 0.6) is 0 Å². The van der Waals surface area contributed by atoms with Crippen molar-refractivity contribution in [2.75, 3.05) is 26.1 Å². The van der Waals surface area contributed by atoms with Crippen LogP contribution in [-0.4, -0.2) is 54.1 Å². The zero-order valence-electron chi connectivity index (χ0n) is 18.8. The van der Waals surface area contributed by atoms with Crippen LogP contribution in [0.1, 0.15) is 33.5 Å². The van der Waals surface area contributed by atoms with Crippen molar-refractivity contribution in [3.63, 3.8) is 0 Å². The van der Waals surface area contributed by atoms with E-state index in [1.54, 1.807) is 19.5 Å². The first kappa shape index (κ1) is 23.1. The van der Waals surface area contributed by atoms with Crippen LogP contribution in [0.2, 0.25) is 0 Å². The molecule has 0 saturated carbocycles. The molecule has 0 bridgehead atoms. The summed E-state index contributed by atoms with van der Waals surface area (Å²) in [6.45, 7) is 5.86. The molecule has 0 unspecified atom stereocenters. The lowest BCUT2D eigenvalue weighted by molar-refractivity contribution is 0.0529. The number of aliphatic imine (C=N–C) groups is 1. The van der Waals surface area contributed by atoms with Gasteiger partial charge in [-0.1, -0.05) is 30.3 Å². The highest BCUT2D eigenvalue weighted by atomic mass is 32.1. The number of hydrogen-bond acceptors (Lipinski definition) is 8. The van der Waals surface area contributed by atoms with Crippen molar-refractivity contribution in [1.82, 2.24) is 14.9 Å². The summed E-state index contributed by atoms with van der Waals surface area (Å²) >= 11 is 1.36. The van der Waals surface area contributed by atoms with Crippen molar-refractivity contribution in [3.8, 4) is 11.1 Å². The number of ether oxygens (including phenoxy) is 1. The Kier molecular flexibility index (Phi) is 7.67. The number of hydrazone groups is 1. The summed E-state index contributed by atoms with van der Waals surface area (Å²) in [5.74, 6) is -0.00760. The lowest BCUT2D eigenvalue weighted by Gasteiger charge is -2.07. The zero-order chi connectivity index (χ0) is 23.1. The van der Waals surface area contributed by atoms with Crippen LogP contribution in [0.15, 0.2) is 46.5 Å². The summed E-state index contributed by atoms with van der Waals surface area (Å²) in [6, 6.07) is 11.6. The first-order valence-electron chi connectivity index (χ1n) is 10.1. The van der Waals surface area contributed by atoms with E-state index in [1.165, 1.54) is 11.3 Å². The average molecular weight is 451 g/mol. The van der Waals surface area contributed by atoms with E-state index in [2.05, 4.69) is 25.5 Å². The fraction of sp³-hybridized carbons (Fsp3) is 0.261. The van der Waals surface area contributed by atoms with Crippen molar-refractivity contribution in [2.45, 2.75) is 20.8 Å². The smallest absolute Gasteiger partial charge is 0.341 e. The Balaban J connectivity index is 2.08. The maximum atomic E-state index is 12.9. The largest absolute Gasteiger partial charge is 0.462 e. The SMILES string of the molecule is CCOC(=O)c1c(N=CN(C)C)sc(C=NNc2nc(C)cc(C)n2)c1-c1ccccc1. The zero-order valence-corrected chi connectivity index (χ0v) is 19.6. The van der Waals surface area contributed by atoms with E-state index in [0.717, 1.165) is 27.4 Å². The third-order valence-corrected chi connectivity index (χ3v) is 5.23. The molecule has 1 N–H and O–H groups in total. The number of aromatic nitrogens is 2. The van der Waals surface area contributed by atoms with Crippen molar-refractivity contribution in [1.29, 1.82) is 0 Å². The van der Waals surface area contributed by atoms with Gasteiger partial charge in [-0.3, -0.25) is 0 Å². The van der Waals surface area contributed by atoms with Crippen LogP contribution >= 0.6 is 11.3 Å².